The summed E-state index contributed by atoms with van der Waals surface area (Å²) in [6, 6.07) is 0. The molecular formula is C18H38. The quantitative estimate of drug-likeness (QED) is 0.355. The van der Waals surface area contributed by atoms with Crippen LogP contribution in [0.15, 0.2) is 93.6 Å². The van der Waals surface area contributed by atoms with Gasteiger partial charge in [0.2, 0.25) is 0 Å². The van der Waals surface area contributed by atoms with Gasteiger partial charge < -0.3 is 0 Å². The molecule has 0 heteroatoms. The first-order valence-electron chi connectivity index (χ1n) is 5.17. The minimum absolute atomic E-state index is 0. The Hall–Kier alpha value is -3.16. The van der Waals surface area contributed by atoms with Gasteiger partial charge in [-0.15, -0.1) is 0 Å². The Balaban J connectivity index is -0.0000000159. The van der Waals surface area contributed by atoms with Crippen molar-refractivity contribution in [1.29, 1.82) is 0 Å². The average molecular weight is 255 g/mol. The lowest BCUT2D eigenvalue weighted by Crippen LogP contribution is -1.47. The molecule has 110 valence electrons. The smallest absolute Gasteiger partial charge is 0 e. The van der Waals surface area contributed by atoms with E-state index in [0.717, 1.165) is 6.42 Å². The molecule has 0 unspecified atom stereocenters. The van der Waals surface area contributed by atoms with Crippen LogP contribution in [0.1, 0.15) is 33.3 Å². The van der Waals surface area contributed by atoms with Crippen molar-refractivity contribution in [3.8, 4) is 0 Å². The Morgan fingerprint density at radius 2 is 1.33 bits per heavy atom. The fourth-order valence-electron chi connectivity index (χ4n) is 0.624. The largest absolute Gasteiger partial charge is 0.0842 e. The highest BCUT2D eigenvalue weighted by Crippen LogP contribution is 1.78. The van der Waals surface area contributed by atoms with Crippen molar-refractivity contribution in [3.05, 3.63) is 93.6 Å². The highest BCUT2D eigenvalue weighted by Gasteiger charge is 1.58. The van der Waals surface area contributed by atoms with Gasteiger partial charge in [0.25, 0.3) is 0 Å². The standard InChI is InChI=1S/C18H10.14H2/c1-3-5-7-9-11-13-15-17-18-16-14-12-10-8-6-4-2;;;;;;;;;;;;;;/h6,8,10H,1,4H2,2H3;14*1H/b8-6-;;;;;;;;;;;;;;. The fraction of sp³-hybridized carbons (Fsp3) is 0.111. The normalized spacial score (nSPS) is 5.83. The van der Waals surface area contributed by atoms with Crippen LogP contribution in [0.3, 0.4) is 0 Å². The Labute approximate surface area is 128 Å². The molecule has 0 N–H and O–H groups in total. The number of hydrogen-bond acceptors (Lipinski definition) is 0. The van der Waals surface area contributed by atoms with Gasteiger partial charge in [0.05, 0.1) is 0 Å². The van der Waals surface area contributed by atoms with Gasteiger partial charge in [-0.3, -0.25) is 0 Å². The van der Waals surface area contributed by atoms with E-state index in [2.05, 4.69) is 82.3 Å². The summed E-state index contributed by atoms with van der Waals surface area (Å²) in [5, 5.41) is 0. The van der Waals surface area contributed by atoms with Gasteiger partial charge in [0, 0.05) is 20.0 Å². The predicted octanol–water partition coefficient (Wildman–Crippen LogP) is 7.44. The van der Waals surface area contributed by atoms with Crippen LogP contribution in [0.4, 0.5) is 0 Å². The summed E-state index contributed by atoms with van der Waals surface area (Å²) in [4.78, 5) is 0. The molecular weight excluding hydrogens is 216 g/mol. The molecule has 0 aromatic heterocycles. The number of rotatable bonds is 2. The van der Waals surface area contributed by atoms with Gasteiger partial charge in [-0.1, -0.05) is 30.5 Å². The molecule has 0 aromatic rings. The van der Waals surface area contributed by atoms with Crippen LogP contribution in [0.2, 0.25) is 0 Å². The maximum Gasteiger partial charge on any atom is 0 e. The van der Waals surface area contributed by atoms with Gasteiger partial charge in [-0.25, -0.2) is 0 Å². The first-order chi connectivity index (χ1) is 8.91. The van der Waals surface area contributed by atoms with Crippen molar-refractivity contribution in [2.24, 2.45) is 0 Å². The van der Waals surface area contributed by atoms with Crippen LogP contribution in [-0.2, 0) is 0 Å². The van der Waals surface area contributed by atoms with Crippen LogP contribution < -0.4 is 0 Å². The van der Waals surface area contributed by atoms with Gasteiger partial charge in [0.15, 0.2) is 0 Å². The summed E-state index contributed by atoms with van der Waals surface area (Å²) in [5.41, 5.74) is 30.5. The van der Waals surface area contributed by atoms with E-state index in [0.29, 0.717) is 0 Å². The topological polar surface area (TPSA) is 0 Å². The lowest BCUT2D eigenvalue weighted by Gasteiger charge is -1.67. The molecule has 0 nitrogen and oxygen atoms in total. The summed E-state index contributed by atoms with van der Waals surface area (Å²) in [7, 11) is 0. The molecule has 0 heterocycles. The van der Waals surface area contributed by atoms with E-state index in [-0.39, 0.29) is 20.0 Å². The zero-order valence-electron chi connectivity index (χ0n) is 10.1. The Morgan fingerprint density at radius 1 is 0.833 bits per heavy atom. The van der Waals surface area contributed by atoms with Crippen LogP contribution in [-0.4, -0.2) is 0 Å². The first kappa shape index (κ1) is 14.8. The minimum atomic E-state index is 0. The molecule has 0 amide bonds. The van der Waals surface area contributed by atoms with Crippen LogP contribution in [0, 0.1) is 0 Å². The molecule has 0 aliphatic carbocycles. The second kappa shape index (κ2) is 13.8. The lowest BCUT2D eigenvalue weighted by molar-refractivity contribution is 1.22. The molecule has 0 spiro atoms. The maximum absolute atomic E-state index is 3.31. The van der Waals surface area contributed by atoms with E-state index in [1.54, 1.807) is 6.08 Å². The van der Waals surface area contributed by atoms with Crippen molar-refractivity contribution >= 4 is 0 Å². The molecule has 0 bridgehead atoms. The van der Waals surface area contributed by atoms with Crippen molar-refractivity contribution < 1.29 is 20.0 Å². The Kier molecular flexibility index (Phi) is 11.4. The zero-order chi connectivity index (χ0) is 13.3. The van der Waals surface area contributed by atoms with E-state index in [1.165, 1.54) is 0 Å². The summed E-state index contributed by atoms with van der Waals surface area (Å²) in [5.74, 6) is 0. The van der Waals surface area contributed by atoms with E-state index in [4.69, 9.17) is 0 Å². The molecule has 0 radical (unpaired) electrons. The van der Waals surface area contributed by atoms with Crippen molar-refractivity contribution in [3.63, 3.8) is 0 Å². The molecule has 0 aromatic carbocycles. The van der Waals surface area contributed by atoms with E-state index in [1.807, 2.05) is 12.2 Å². The highest BCUT2D eigenvalue weighted by atomic mass is 13.6. The van der Waals surface area contributed by atoms with E-state index < -0.39 is 0 Å². The number of hydrogen-bond donors (Lipinski definition) is 0. The van der Waals surface area contributed by atoms with Crippen molar-refractivity contribution in [1.82, 2.24) is 0 Å². The minimum Gasteiger partial charge on any atom is -0.0842 e. The molecule has 18 heavy (non-hydrogen) atoms. The Morgan fingerprint density at radius 3 is 1.83 bits per heavy atom. The van der Waals surface area contributed by atoms with Crippen molar-refractivity contribution in [2.75, 3.05) is 0 Å². The summed E-state index contributed by atoms with van der Waals surface area (Å²) >= 11 is 0. The third kappa shape index (κ3) is 12.8. The first-order valence-corrected chi connectivity index (χ1v) is 5.17. The molecule has 0 aliphatic rings. The molecule has 0 saturated heterocycles. The third-order valence-corrected chi connectivity index (χ3v) is 1.27. The molecule has 0 atom stereocenters. The lowest BCUT2D eigenvalue weighted by atomic mass is 10.4. The summed E-state index contributed by atoms with van der Waals surface area (Å²) < 4.78 is 0. The SMILES string of the molecule is C=C=C=C=C=C=C=C=C=C=C=C=C=C/C=C\CC.[HH].[HH].[HH].[HH].[HH].[HH].[HH].[HH].[HH].[HH].[HH].[HH].[HH].[HH]. The van der Waals surface area contributed by atoms with Crippen molar-refractivity contribution in [2.45, 2.75) is 13.3 Å². The second-order valence-corrected chi connectivity index (χ2v) is 2.57. The van der Waals surface area contributed by atoms with Gasteiger partial charge in [-0.05, 0) is 76.4 Å². The maximum atomic E-state index is 3.31. The van der Waals surface area contributed by atoms with Gasteiger partial charge in [0.1, 0.15) is 0 Å². The summed E-state index contributed by atoms with van der Waals surface area (Å²) in [6.45, 7) is 5.37. The number of allylic oxidation sites excluding steroid dienone is 3. The fourth-order valence-corrected chi connectivity index (χ4v) is 0.624. The van der Waals surface area contributed by atoms with Gasteiger partial charge >= 0.3 is 0 Å². The van der Waals surface area contributed by atoms with E-state index >= 15 is 0 Å². The zero-order valence-corrected chi connectivity index (χ0v) is 10.1. The van der Waals surface area contributed by atoms with Gasteiger partial charge in [-0.2, -0.15) is 0 Å². The average Bonchev–Trinajstić information content (AvgIpc) is 2.39. The third-order valence-electron chi connectivity index (χ3n) is 1.27. The van der Waals surface area contributed by atoms with Crippen LogP contribution in [0.5, 0.6) is 0 Å². The Bertz CT molecular complexity index is 773. The predicted molar refractivity (Wildman–Crippen MR) is 101 cm³/mol. The second-order valence-electron chi connectivity index (χ2n) is 2.57. The molecule has 0 fully saturated rings. The van der Waals surface area contributed by atoms with Crippen LogP contribution in [0.25, 0.3) is 0 Å². The molecule has 0 aliphatic heterocycles. The molecule has 0 saturated carbocycles. The highest BCUT2D eigenvalue weighted by molar-refractivity contribution is 5.02. The van der Waals surface area contributed by atoms with E-state index in [9.17, 15) is 0 Å². The monoisotopic (exact) mass is 254 g/mol. The van der Waals surface area contributed by atoms with Crippen LogP contribution >= 0.6 is 0 Å². The summed E-state index contributed by atoms with van der Waals surface area (Å²) in [6.07, 6.45) is 6.64. The molecule has 0 rings (SSSR count).